The fourth-order valence-electron chi connectivity index (χ4n) is 3.78. The van der Waals surface area contributed by atoms with Gasteiger partial charge in [0.2, 0.25) is 5.89 Å². The number of benzene rings is 1. The van der Waals surface area contributed by atoms with Crippen molar-refractivity contribution in [3.63, 3.8) is 0 Å². The average Bonchev–Trinajstić information content (AvgIpc) is 3.39. The van der Waals surface area contributed by atoms with Gasteiger partial charge < -0.3 is 13.7 Å². The minimum Gasteiger partial charge on any atom is -0.438 e. The second kappa shape index (κ2) is 6.18. The molecule has 0 amide bonds. The second-order valence-corrected chi connectivity index (χ2v) is 8.00. The summed E-state index contributed by atoms with van der Waals surface area (Å²) in [5.41, 5.74) is 3.07. The van der Waals surface area contributed by atoms with Crippen LogP contribution >= 0.6 is 15.9 Å². The van der Waals surface area contributed by atoms with Crippen molar-refractivity contribution in [3.05, 3.63) is 38.4 Å². The molecule has 0 unspecified atom stereocenters. The van der Waals surface area contributed by atoms with E-state index in [1.54, 1.807) is 0 Å². The number of ether oxygens (including phenoxy) is 1. The Morgan fingerprint density at radius 1 is 1.27 bits per heavy atom. The zero-order valence-electron chi connectivity index (χ0n) is 14.6. The van der Waals surface area contributed by atoms with E-state index in [-0.39, 0.29) is 11.6 Å². The highest BCUT2D eigenvalue weighted by Gasteiger charge is 2.30. The summed E-state index contributed by atoms with van der Waals surface area (Å²) in [6.07, 6.45) is 2.09. The zero-order chi connectivity index (χ0) is 17.8. The zero-order valence-corrected chi connectivity index (χ0v) is 16.2. The standard InChI is InChI=1S/C19H20BrN3O3/c1-11-14(20)5-4-13-17(11)23(12-2-3-12)19(24)16-18(13)26-15(21-16)10-22-6-8-25-9-7-22/h4-5,12H,2-3,6-10H2,1H3. The summed E-state index contributed by atoms with van der Waals surface area (Å²) in [4.78, 5) is 20.0. The SMILES string of the molecule is Cc1c(Br)ccc2c3oc(CN4CCOCC4)nc3c(=O)n(C3CC3)c12. The van der Waals surface area contributed by atoms with Crippen LogP contribution in [0.5, 0.6) is 0 Å². The largest absolute Gasteiger partial charge is 0.438 e. The Hall–Kier alpha value is -1.70. The van der Waals surface area contributed by atoms with E-state index in [0.29, 0.717) is 23.5 Å². The van der Waals surface area contributed by atoms with E-state index in [0.717, 1.165) is 60.1 Å². The van der Waals surface area contributed by atoms with Gasteiger partial charge in [-0.1, -0.05) is 15.9 Å². The number of pyridine rings is 1. The van der Waals surface area contributed by atoms with Crippen LogP contribution in [0.1, 0.15) is 30.3 Å². The van der Waals surface area contributed by atoms with Gasteiger partial charge in [0, 0.05) is 29.0 Å². The number of hydrogen-bond donors (Lipinski definition) is 0. The number of halogens is 1. The summed E-state index contributed by atoms with van der Waals surface area (Å²) in [5.74, 6) is 0.606. The third kappa shape index (κ3) is 2.61. The molecule has 1 aliphatic carbocycles. The van der Waals surface area contributed by atoms with Gasteiger partial charge in [-0.05, 0) is 37.5 Å². The Labute approximate surface area is 158 Å². The molecule has 0 radical (unpaired) electrons. The number of fused-ring (bicyclic) bond motifs is 3. The van der Waals surface area contributed by atoms with Gasteiger partial charge in [-0.3, -0.25) is 9.69 Å². The van der Waals surface area contributed by atoms with Gasteiger partial charge in [0.15, 0.2) is 11.1 Å². The summed E-state index contributed by atoms with van der Waals surface area (Å²) in [7, 11) is 0. The topological polar surface area (TPSA) is 60.5 Å². The first-order valence-electron chi connectivity index (χ1n) is 9.06. The lowest BCUT2D eigenvalue weighted by Gasteiger charge is -2.24. The fraction of sp³-hybridized carbons (Fsp3) is 0.474. The molecular weight excluding hydrogens is 398 g/mol. The van der Waals surface area contributed by atoms with Crippen molar-refractivity contribution in [1.29, 1.82) is 0 Å². The molecular formula is C19H20BrN3O3. The third-order valence-electron chi connectivity index (χ3n) is 5.32. The highest BCUT2D eigenvalue weighted by molar-refractivity contribution is 9.10. The third-order valence-corrected chi connectivity index (χ3v) is 6.18. The van der Waals surface area contributed by atoms with Gasteiger partial charge in [-0.2, -0.15) is 0 Å². The maximum atomic E-state index is 13.2. The molecule has 2 aliphatic rings. The Bertz CT molecular complexity index is 1060. The molecule has 0 spiro atoms. The van der Waals surface area contributed by atoms with Crippen molar-refractivity contribution < 1.29 is 9.15 Å². The molecule has 1 aromatic carbocycles. The van der Waals surface area contributed by atoms with E-state index in [1.807, 2.05) is 23.6 Å². The van der Waals surface area contributed by atoms with Crippen LogP contribution in [0.25, 0.3) is 22.0 Å². The van der Waals surface area contributed by atoms with E-state index in [4.69, 9.17) is 9.15 Å². The van der Waals surface area contributed by atoms with Crippen molar-refractivity contribution in [3.8, 4) is 0 Å². The molecule has 2 fully saturated rings. The van der Waals surface area contributed by atoms with Gasteiger partial charge in [0.1, 0.15) is 0 Å². The molecule has 3 heterocycles. The van der Waals surface area contributed by atoms with E-state index in [2.05, 4.69) is 25.8 Å². The Morgan fingerprint density at radius 2 is 2.04 bits per heavy atom. The first-order chi connectivity index (χ1) is 12.6. The minimum absolute atomic E-state index is 0.0341. The molecule has 0 N–H and O–H groups in total. The van der Waals surface area contributed by atoms with Crippen molar-refractivity contribution >= 4 is 37.9 Å². The minimum atomic E-state index is -0.0341. The van der Waals surface area contributed by atoms with Crippen LogP contribution in [-0.4, -0.2) is 40.8 Å². The Kier molecular flexibility index (Phi) is 3.92. The highest BCUT2D eigenvalue weighted by Crippen LogP contribution is 2.39. The summed E-state index contributed by atoms with van der Waals surface area (Å²) >= 11 is 3.60. The maximum absolute atomic E-state index is 13.2. The van der Waals surface area contributed by atoms with E-state index < -0.39 is 0 Å². The Balaban J connectivity index is 1.72. The van der Waals surface area contributed by atoms with Crippen LogP contribution in [-0.2, 0) is 11.3 Å². The molecule has 6 nitrogen and oxygen atoms in total. The normalized spacial score (nSPS) is 18.8. The quantitative estimate of drug-likeness (QED) is 0.653. The fourth-order valence-corrected chi connectivity index (χ4v) is 4.10. The predicted molar refractivity (Wildman–Crippen MR) is 103 cm³/mol. The number of rotatable bonds is 3. The number of nitrogens with zero attached hydrogens (tertiary/aromatic N) is 3. The van der Waals surface area contributed by atoms with Crippen LogP contribution in [0, 0.1) is 6.92 Å². The molecule has 136 valence electrons. The average molecular weight is 418 g/mol. The van der Waals surface area contributed by atoms with Crippen LogP contribution in [0.3, 0.4) is 0 Å². The van der Waals surface area contributed by atoms with Crippen LogP contribution in [0.2, 0.25) is 0 Å². The van der Waals surface area contributed by atoms with E-state index in [1.165, 1.54) is 0 Å². The van der Waals surface area contributed by atoms with Crippen LogP contribution in [0.15, 0.2) is 25.8 Å². The van der Waals surface area contributed by atoms with Gasteiger partial charge in [0.05, 0.1) is 25.3 Å². The summed E-state index contributed by atoms with van der Waals surface area (Å²) in [5, 5.41) is 0.966. The molecule has 2 aromatic heterocycles. The molecule has 7 heteroatoms. The summed E-state index contributed by atoms with van der Waals surface area (Å²) in [6.45, 7) is 5.82. The smallest absolute Gasteiger partial charge is 0.281 e. The molecule has 1 saturated carbocycles. The molecule has 0 bridgehead atoms. The van der Waals surface area contributed by atoms with Gasteiger partial charge in [-0.25, -0.2) is 4.98 Å². The highest BCUT2D eigenvalue weighted by atomic mass is 79.9. The molecule has 5 rings (SSSR count). The number of morpholine rings is 1. The van der Waals surface area contributed by atoms with Gasteiger partial charge >= 0.3 is 0 Å². The molecule has 1 saturated heterocycles. The lowest BCUT2D eigenvalue weighted by molar-refractivity contribution is 0.0308. The van der Waals surface area contributed by atoms with Crippen molar-refractivity contribution in [2.24, 2.45) is 0 Å². The number of aryl methyl sites for hydroxylation is 1. The monoisotopic (exact) mass is 417 g/mol. The predicted octanol–water partition coefficient (Wildman–Crippen LogP) is 3.38. The van der Waals surface area contributed by atoms with Crippen molar-refractivity contribution in [2.45, 2.75) is 32.4 Å². The second-order valence-electron chi connectivity index (χ2n) is 7.15. The number of aromatic nitrogens is 2. The summed E-state index contributed by atoms with van der Waals surface area (Å²) in [6, 6.07) is 4.32. The lowest BCUT2D eigenvalue weighted by atomic mass is 10.1. The molecule has 0 atom stereocenters. The van der Waals surface area contributed by atoms with Crippen molar-refractivity contribution in [1.82, 2.24) is 14.5 Å². The van der Waals surface area contributed by atoms with Crippen LogP contribution < -0.4 is 5.56 Å². The first kappa shape index (κ1) is 16.5. The molecule has 26 heavy (non-hydrogen) atoms. The molecule has 1 aliphatic heterocycles. The number of hydrogen-bond acceptors (Lipinski definition) is 5. The maximum Gasteiger partial charge on any atom is 0.281 e. The Morgan fingerprint density at radius 3 is 2.77 bits per heavy atom. The first-order valence-corrected chi connectivity index (χ1v) is 9.85. The lowest BCUT2D eigenvalue weighted by Crippen LogP contribution is -2.35. The van der Waals surface area contributed by atoms with E-state index >= 15 is 0 Å². The van der Waals surface area contributed by atoms with Gasteiger partial charge in [-0.15, -0.1) is 0 Å². The number of oxazole rings is 1. The van der Waals surface area contributed by atoms with Gasteiger partial charge in [0.25, 0.3) is 5.56 Å². The van der Waals surface area contributed by atoms with Crippen molar-refractivity contribution in [2.75, 3.05) is 26.3 Å². The van der Waals surface area contributed by atoms with Crippen LogP contribution in [0.4, 0.5) is 0 Å². The summed E-state index contributed by atoms with van der Waals surface area (Å²) < 4.78 is 14.4. The van der Waals surface area contributed by atoms with E-state index in [9.17, 15) is 4.79 Å². The molecule has 3 aromatic rings.